The lowest BCUT2D eigenvalue weighted by molar-refractivity contribution is 0.209. The minimum atomic E-state index is -0.221. The van der Waals surface area contributed by atoms with Crippen molar-refractivity contribution >= 4 is 15.9 Å². The largest absolute Gasteiger partial charge is 0.271 e. The van der Waals surface area contributed by atoms with Gasteiger partial charge >= 0.3 is 0 Å². The van der Waals surface area contributed by atoms with Gasteiger partial charge in [-0.15, -0.1) is 0 Å². The Morgan fingerprint density at radius 1 is 1.47 bits per heavy atom. The monoisotopic (exact) mass is 328 g/mol. The number of hydrogen-bond donors (Lipinski definition) is 2. The van der Waals surface area contributed by atoms with Gasteiger partial charge in [0.2, 0.25) is 0 Å². The van der Waals surface area contributed by atoms with Crippen LogP contribution < -0.4 is 11.3 Å². The molecule has 3 unspecified atom stereocenters. The zero-order valence-electron chi connectivity index (χ0n) is 11.3. The van der Waals surface area contributed by atoms with Crippen LogP contribution in [-0.2, 0) is 0 Å². The summed E-state index contributed by atoms with van der Waals surface area (Å²) in [5, 5.41) is 0. The summed E-state index contributed by atoms with van der Waals surface area (Å²) >= 11 is 3.45. The van der Waals surface area contributed by atoms with Crippen LogP contribution >= 0.6 is 15.9 Å². The second-order valence-electron chi connectivity index (χ2n) is 5.51. The van der Waals surface area contributed by atoms with Gasteiger partial charge in [0.05, 0.1) is 0 Å². The van der Waals surface area contributed by atoms with Gasteiger partial charge in [-0.3, -0.25) is 11.3 Å². The van der Waals surface area contributed by atoms with Gasteiger partial charge in [-0.05, 0) is 42.4 Å². The molecule has 3 atom stereocenters. The molecule has 0 radical (unpaired) electrons. The standard InChI is InChI=1S/C15H22BrFN2/c1-2-10-4-3-5-11(8-10)15(19-18)13-7-6-12(17)9-14(13)16/h6-7,9-11,15,19H,2-5,8,18H2,1H3. The van der Waals surface area contributed by atoms with E-state index in [-0.39, 0.29) is 11.9 Å². The van der Waals surface area contributed by atoms with Crippen molar-refractivity contribution in [3.05, 3.63) is 34.1 Å². The second-order valence-corrected chi connectivity index (χ2v) is 6.37. The smallest absolute Gasteiger partial charge is 0.124 e. The van der Waals surface area contributed by atoms with E-state index in [0.29, 0.717) is 5.92 Å². The Morgan fingerprint density at radius 3 is 2.89 bits per heavy atom. The molecular weight excluding hydrogens is 307 g/mol. The molecule has 2 rings (SSSR count). The summed E-state index contributed by atoms with van der Waals surface area (Å²) in [7, 11) is 0. The van der Waals surface area contributed by atoms with Crippen molar-refractivity contribution in [2.24, 2.45) is 17.7 Å². The number of benzene rings is 1. The van der Waals surface area contributed by atoms with Crippen LogP contribution in [-0.4, -0.2) is 0 Å². The Kier molecular flexibility index (Phi) is 5.37. The maximum absolute atomic E-state index is 13.2. The molecule has 0 aromatic heterocycles. The highest BCUT2D eigenvalue weighted by molar-refractivity contribution is 9.10. The molecule has 1 fully saturated rings. The van der Waals surface area contributed by atoms with Crippen LogP contribution in [0.4, 0.5) is 4.39 Å². The Labute approximate surface area is 123 Å². The summed E-state index contributed by atoms with van der Waals surface area (Å²) < 4.78 is 14.0. The first-order valence-corrected chi connectivity index (χ1v) is 7.86. The lowest BCUT2D eigenvalue weighted by Crippen LogP contribution is -2.36. The summed E-state index contributed by atoms with van der Waals surface area (Å²) in [4.78, 5) is 0. The molecule has 1 aliphatic rings. The van der Waals surface area contributed by atoms with E-state index in [9.17, 15) is 4.39 Å². The van der Waals surface area contributed by atoms with E-state index in [2.05, 4.69) is 28.3 Å². The van der Waals surface area contributed by atoms with E-state index in [0.717, 1.165) is 16.0 Å². The van der Waals surface area contributed by atoms with Crippen molar-refractivity contribution < 1.29 is 4.39 Å². The van der Waals surface area contributed by atoms with E-state index in [4.69, 9.17) is 5.84 Å². The fourth-order valence-corrected chi connectivity index (χ4v) is 3.84. The highest BCUT2D eigenvalue weighted by Crippen LogP contribution is 2.39. The predicted molar refractivity (Wildman–Crippen MR) is 79.9 cm³/mol. The third-order valence-electron chi connectivity index (χ3n) is 4.35. The maximum atomic E-state index is 13.2. The Bertz CT molecular complexity index is 425. The fraction of sp³-hybridized carbons (Fsp3) is 0.600. The van der Waals surface area contributed by atoms with Crippen molar-refractivity contribution in [3.63, 3.8) is 0 Å². The van der Waals surface area contributed by atoms with E-state index in [1.165, 1.54) is 44.2 Å². The van der Waals surface area contributed by atoms with Crippen LogP contribution in [0.1, 0.15) is 50.6 Å². The first-order valence-electron chi connectivity index (χ1n) is 7.06. The van der Waals surface area contributed by atoms with Gasteiger partial charge in [0.1, 0.15) is 5.82 Å². The van der Waals surface area contributed by atoms with Crippen LogP contribution in [0.15, 0.2) is 22.7 Å². The Morgan fingerprint density at radius 2 is 2.26 bits per heavy atom. The van der Waals surface area contributed by atoms with Crippen molar-refractivity contribution in [3.8, 4) is 0 Å². The van der Waals surface area contributed by atoms with Crippen LogP contribution in [0.5, 0.6) is 0 Å². The molecule has 0 aliphatic heterocycles. The van der Waals surface area contributed by atoms with E-state index >= 15 is 0 Å². The Hall–Kier alpha value is -0.450. The van der Waals surface area contributed by atoms with E-state index in [1.54, 1.807) is 0 Å². The molecule has 2 nitrogen and oxygen atoms in total. The van der Waals surface area contributed by atoms with Gasteiger partial charge in [0.15, 0.2) is 0 Å². The molecule has 0 spiro atoms. The highest BCUT2D eigenvalue weighted by Gasteiger charge is 2.29. The minimum absolute atomic E-state index is 0.101. The molecule has 19 heavy (non-hydrogen) atoms. The minimum Gasteiger partial charge on any atom is -0.271 e. The molecule has 4 heteroatoms. The number of nitrogens with two attached hydrogens (primary N) is 1. The topological polar surface area (TPSA) is 38.0 Å². The van der Waals surface area contributed by atoms with Gasteiger partial charge in [0, 0.05) is 10.5 Å². The third-order valence-corrected chi connectivity index (χ3v) is 5.04. The van der Waals surface area contributed by atoms with Crippen LogP contribution in [0.25, 0.3) is 0 Å². The summed E-state index contributed by atoms with van der Waals surface area (Å²) in [5.74, 6) is 6.88. The molecule has 1 saturated carbocycles. The molecule has 0 saturated heterocycles. The number of nitrogens with one attached hydrogen (secondary N) is 1. The summed E-state index contributed by atoms with van der Waals surface area (Å²) in [5.41, 5.74) is 4.00. The zero-order chi connectivity index (χ0) is 13.8. The van der Waals surface area contributed by atoms with Crippen LogP contribution in [0, 0.1) is 17.7 Å². The first-order chi connectivity index (χ1) is 9.15. The van der Waals surface area contributed by atoms with Gasteiger partial charge in [0.25, 0.3) is 0 Å². The molecular formula is C15H22BrFN2. The average molecular weight is 329 g/mol. The summed E-state index contributed by atoms with van der Waals surface area (Å²) in [6.45, 7) is 2.26. The summed E-state index contributed by atoms with van der Waals surface area (Å²) in [6.07, 6.45) is 6.22. The van der Waals surface area contributed by atoms with Gasteiger partial charge in [-0.25, -0.2) is 4.39 Å². The van der Waals surface area contributed by atoms with Crippen molar-refractivity contribution in [1.29, 1.82) is 0 Å². The van der Waals surface area contributed by atoms with Gasteiger partial charge < -0.3 is 0 Å². The SMILES string of the molecule is CCC1CCCC(C(NN)c2ccc(F)cc2Br)C1. The lowest BCUT2D eigenvalue weighted by Gasteiger charge is -2.34. The number of rotatable bonds is 4. The Balaban J connectivity index is 2.19. The molecule has 1 aromatic carbocycles. The molecule has 0 bridgehead atoms. The number of halogens is 2. The van der Waals surface area contributed by atoms with E-state index < -0.39 is 0 Å². The maximum Gasteiger partial charge on any atom is 0.124 e. The number of hydrogen-bond acceptors (Lipinski definition) is 2. The highest BCUT2D eigenvalue weighted by atomic mass is 79.9. The number of hydrazine groups is 1. The molecule has 106 valence electrons. The molecule has 1 aliphatic carbocycles. The fourth-order valence-electron chi connectivity index (χ4n) is 3.24. The zero-order valence-corrected chi connectivity index (χ0v) is 12.9. The first kappa shape index (κ1) is 14.9. The van der Waals surface area contributed by atoms with Crippen molar-refractivity contribution in [1.82, 2.24) is 5.43 Å². The molecule has 1 aromatic rings. The van der Waals surface area contributed by atoms with Crippen molar-refractivity contribution in [2.45, 2.75) is 45.1 Å². The predicted octanol–water partition coefficient (Wildman–Crippen LogP) is 4.31. The third kappa shape index (κ3) is 3.56. The normalized spacial score (nSPS) is 25.3. The van der Waals surface area contributed by atoms with Crippen LogP contribution in [0.2, 0.25) is 0 Å². The lowest BCUT2D eigenvalue weighted by atomic mass is 9.75. The van der Waals surface area contributed by atoms with Gasteiger partial charge in [-0.2, -0.15) is 0 Å². The summed E-state index contributed by atoms with van der Waals surface area (Å²) in [6, 6.07) is 4.95. The van der Waals surface area contributed by atoms with Crippen molar-refractivity contribution in [2.75, 3.05) is 0 Å². The van der Waals surface area contributed by atoms with Crippen LogP contribution in [0.3, 0.4) is 0 Å². The molecule has 3 N–H and O–H groups in total. The van der Waals surface area contributed by atoms with Gasteiger partial charge in [-0.1, -0.05) is 48.2 Å². The molecule has 0 amide bonds. The average Bonchev–Trinajstić information content (AvgIpc) is 2.42. The quantitative estimate of drug-likeness (QED) is 0.638. The van der Waals surface area contributed by atoms with E-state index in [1.807, 2.05) is 6.07 Å². The molecule has 0 heterocycles. The second kappa shape index (κ2) is 6.82.